The third-order valence-electron chi connectivity index (χ3n) is 2.51. The lowest BCUT2D eigenvalue weighted by Crippen LogP contribution is -2.44. The Morgan fingerprint density at radius 2 is 1.72 bits per heavy atom. The van der Waals surface area contributed by atoms with E-state index in [9.17, 15) is 14.7 Å². The first-order chi connectivity index (χ1) is 8.47. The molecular formula is C12H22O6. The number of hydrogen-bond acceptors (Lipinski definition) is 6. The van der Waals surface area contributed by atoms with Crippen LogP contribution in [0.25, 0.3) is 0 Å². The van der Waals surface area contributed by atoms with E-state index in [-0.39, 0.29) is 6.10 Å². The minimum atomic E-state index is -1.67. The number of methoxy groups -OCH3 is 2. The van der Waals surface area contributed by atoms with Crippen LogP contribution in [0.5, 0.6) is 0 Å². The highest BCUT2D eigenvalue weighted by Crippen LogP contribution is 2.12. The molecule has 0 aliphatic rings. The van der Waals surface area contributed by atoms with E-state index < -0.39 is 24.1 Å². The van der Waals surface area contributed by atoms with E-state index in [1.165, 1.54) is 7.11 Å². The van der Waals surface area contributed by atoms with Crippen molar-refractivity contribution in [1.82, 2.24) is 0 Å². The Morgan fingerprint density at radius 3 is 2.17 bits per heavy atom. The minimum Gasteiger partial charge on any atom is -0.467 e. The van der Waals surface area contributed by atoms with Crippen LogP contribution in [0.1, 0.15) is 33.1 Å². The maximum Gasteiger partial charge on any atom is 0.338 e. The second kappa shape index (κ2) is 8.88. The van der Waals surface area contributed by atoms with Crippen molar-refractivity contribution in [1.29, 1.82) is 0 Å². The van der Waals surface area contributed by atoms with Crippen LogP contribution < -0.4 is 0 Å². The van der Waals surface area contributed by atoms with E-state index in [4.69, 9.17) is 4.74 Å². The summed E-state index contributed by atoms with van der Waals surface area (Å²) in [7, 11) is 2.29. The molecular weight excluding hydrogens is 240 g/mol. The Labute approximate surface area is 107 Å². The van der Waals surface area contributed by atoms with Crippen LogP contribution >= 0.6 is 0 Å². The van der Waals surface area contributed by atoms with Gasteiger partial charge < -0.3 is 19.3 Å². The molecule has 0 aliphatic heterocycles. The van der Waals surface area contributed by atoms with Crippen molar-refractivity contribution in [2.45, 2.75) is 51.4 Å². The van der Waals surface area contributed by atoms with E-state index in [1.807, 2.05) is 6.92 Å². The lowest BCUT2D eigenvalue weighted by Gasteiger charge is -2.23. The van der Waals surface area contributed by atoms with Gasteiger partial charge in [-0.2, -0.15) is 0 Å². The summed E-state index contributed by atoms with van der Waals surface area (Å²) in [6.07, 6.45) is -0.619. The summed E-state index contributed by atoms with van der Waals surface area (Å²) in [6, 6.07) is 0. The highest BCUT2D eigenvalue weighted by Gasteiger charge is 2.36. The zero-order chi connectivity index (χ0) is 14.1. The Balaban J connectivity index is 4.58. The van der Waals surface area contributed by atoms with Crippen LogP contribution in [0.3, 0.4) is 0 Å². The van der Waals surface area contributed by atoms with Gasteiger partial charge in [0.15, 0.2) is 12.2 Å². The van der Waals surface area contributed by atoms with E-state index in [0.29, 0.717) is 0 Å². The van der Waals surface area contributed by atoms with Crippen molar-refractivity contribution in [2.75, 3.05) is 14.2 Å². The summed E-state index contributed by atoms with van der Waals surface area (Å²) < 4.78 is 14.2. The molecule has 0 aliphatic carbocycles. The SMILES string of the molecule is CCCC[C@H](C)O[C@@H](C(=O)OC)[C@@H](O)C(=O)OC. The Kier molecular flexibility index (Phi) is 8.32. The van der Waals surface area contributed by atoms with Crippen molar-refractivity contribution >= 4 is 11.9 Å². The number of aliphatic hydroxyl groups is 1. The van der Waals surface area contributed by atoms with Crippen molar-refractivity contribution in [3.05, 3.63) is 0 Å². The predicted octanol–water partition coefficient (Wildman–Crippen LogP) is 0.657. The van der Waals surface area contributed by atoms with Gasteiger partial charge in [0.25, 0.3) is 0 Å². The molecule has 0 bridgehead atoms. The number of ether oxygens (including phenoxy) is 3. The number of carbonyl (C=O) groups excluding carboxylic acids is 2. The second-order valence-corrected chi connectivity index (χ2v) is 4.00. The van der Waals surface area contributed by atoms with Crippen LogP contribution in [-0.2, 0) is 23.8 Å². The molecule has 0 aromatic carbocycles. The van der Waals surface area contributed by atoms with Gasteiger partial charge in [-0.05, 0) is 13.3 Å². The second-order valence-electron chi connectivity index (χ2n) is 4.00. The highest BCUT2D eigenvalue weighted by atomic mass is 16.6. The molecule has 0 fully saturated rings. The zero-order valence-corrected chi connectivity index (χ0v) is 11.3. The smallest absolute Gasteiger partial charge is 0.338 e. The topological polar surface area (TPSA) is 82.1 Å². The van der Waals surface area contributed by atoms with Crippen molar-refractivity contribution < 1.29 is 28.9 Å². The summed E-state index contributed by atoms with van der Waals surface area (Å²) in [5.74, 6) is -1.72. The maximum absolute atomic E-state index is 11.5. The normalized spacial score (nSPS) is 15.6. The van der Waals surface area contributed by atoms with E-state index >= 15 is 0 Å². The minimum absolute atomic E-state index is 0.256. The van der Waals surface area contributed by atoms with Crippen LogP contribution in [-0.4, -0.2) is 49.6 Å². The summed E-state index contributed by atoms with van der Waals surface area (Å²) in [6.45, 7) is 3.81. The molecule has 0 aromatic heterocycles. The Morgan fingerprint density at radius 1 is 1.17 bits per heavy atom. The molecule has 1 N–H and O–H groups in total. The summed E-state index contributed by atoms with van der Waals surface area (Å²) in [4.78, 5) is 22.7. The van der Waals surface area contributed by atoms with Gasteiger partial charge in [0, 0.05) is 0 Å². The first-order valence-electron chi connectivity index (χ1n) is 5.97. The zero-order valence-electron chi connectivity index (χ0n) is 11.3. The monoisotopic (exact) mass is 262 g/mol. The number of aliphatic hydroxyl groups excluding tert-OH is 1. The first-order valence-corrected chi connectivity index (χ1v) is 5.97. The van der Waals surface area contributed by atoms with Gasteiger partial charge in [-0.15, -0.1) is 0 Å². The van der Waals surface area contributed by atoms with Crippen LogP contribution in [0, 0.1) is 0 Å². The average Bonchev–Trinajstić information content (AvgIpc) is 2.39. The highest BCUT2D eigenvalue weighted by molar-refractivity contribution is 5.85. The molecule has 106 valence electrons. The molecule has 0 spiro atoms. The lowest BCUT2D eigenvalue weighted by atomic mass is 10.1. The number of unbranched alkanes of at least 4 members (excludes halogenated alkanes) is 1. The maximum atomic E-state index is 11.5. The molecule has 0 saturated carbocycles. The van der Waals surface area contributed by atoms with E-state index in [0.717, 1.165) is 26.4 Å². The fraction of sp³-hybridized carbons (Fsp3) is 0.833. The molecule has 0 unspecified atom stereocenters. The quantitative estimate of drug-likeness (QED) is 0.647. The van der Waals surface area contributed by atoms with Gasteiger partial charge in [0.05, 0.1) is 20.3 Å². The van der Waals surface area contributed by atoms with Gasteiger partial charge in [-0.3, -0.25) is 0 Å². The standard InChI is InChI=1S/C12H22O6/c1-5-6-7-8(2)18-10(12(15)17-4)9(13)11(14)16-3/h8-10,13H,5-7H2,1-4H3/t8-,9+,10+/m0/s1. The first kappa shape index (κ1) is 16.9. The summed E-state index contributed by atoms with van der Waals surface area (Å²) in [5.41, 5.74) is 0. The number of carbonyl (C=O) groups is 2. The molecule has 0 radical (unpaired) electrons. The molecule has 6 heteroatoms. The molecule has 0 aromatic rings. The van der Waals surface area contributed by atoms with Crippen LogP contribution in [0.15, 0.2) is 0 Å². The van der Waals surface area contributed by atoms with Gasteiger partial charge in [0.2, 0.25) is 0 Å². The number of esters is 2. The molecule has 3 atom stereocenters. The van der Waals surface area contributed by atoms with Crippen LogP contribution in [0.2, 0.25) is 0 Å². The molecule has 0 saturated heterocycles. The van der Waals surface area contributed by atoms with E-state index in [1.54, 1.807) is 6.92 Å². The molecule has 0 rings (SSSR count). The fourth-order valence-corrected chi connectivity index (χ4v) is 1.43. The predicted molar refractivity (Wildman–Crippen MR) is 63.9 cm³/mol. The lowest BCUT2D eigenvalue weighted by molar-refractivity contribution is -0.179. The third kappa shape index (κ3) is 5.46. The van der Waals surface area contributed by atoms with Crippen molar-refractivity contribution in [2.24, 2.45) is 0 Å². The largest absolute Gasteiger partial charge is 0.467 e. The Bertz CT molecular complexity index is 265. The molecule has 0 heterocycles. The van der Waals surface area contributed by atoms with Gasteiger partial charge >= 0.3 is 11.9 Å². The number of rotatable bonds is 8. The summed E-state index contributed by atoms with van der Waals surface area (Å²) >= 11 is 0. The molecule has 6 nitrogen and oxygen atoms in total. The van der Waals surface area contributed by atoms with Crippen molar-refractivity contribution in [3.8, 4) is 0 Å². The van der Waals surface area contributed by atoms with E-state index in [2.05, 4.69) is 9.47 Å². The van der Waals surface area contributed by atoms with Crippen LogP contribution in [0.4, 0.5) is 0 Å². The van der Waals surface area contributed by atoms with Gasteiger partial charge in [-0.25, -0.2) is 9.59 Å². The van der Waals surface area contributed by atoms with Gasteiger partial charge in [-0.1, -0.05) is 19.8 Å². The Hall–Kier alpha value is -1.14. The van der Waals surface area contributed by atoms with Crippen molar-refractivity contribution in [3.63, 3.8) is 0 Å². The fourth-order valence-electron chi connectivity index (χ4n) is 1.43. The third-order valence-corrected chi connectivity index (χ3v) is 2.51. The molecule has 18 heavy (non-hydrogen) atoms. The molecule has 0 amide bonds. The average molecular weight is 262 g/mol. The summed E-state index contributed by atoms with van der Waals surface area (Å²) in [5, 5.41) is 9.65. The van der Waals surface area contributed by atoms with Gasteiger partial charge in [0.1, 0.15) is 0 Å². The number of hydrogen-bond donors (Lipinski definition) is 1.